The molecule has 0 atom stereocenters. The molecule has 0 spiro atoms. The maximum Gasteiger partial charge on any atom is 0.224 e. The molecule has 98 valence electrons. The van der Waals surface area contributed by atoms with Gasteiger partial charge in [-0.1, -0.05) is 36.4 Å². The van der Waals surface area contributed by atoms with Crippen LogP contribution >= 0.6 is 0 Å². The summed E-state index contributed by atoms with van der Waals surface area (Å²) in [6, 6.07) is 14.8. The van der Waals surface area contributed by atoms with E-state index in [4.69, 9.17) is 0 Å². The summed E-state index contributed by atoms with van der Waals surface area (Å²) < 4.78 is 0. The molecule has 1 N–H and O–H groups in total. The van der Waals surface area contributed by atoms with E-state index in [0.29, 0.717) is 13.0 Å². The van der Waals surface area contributed by atoms with Crippen LogP contribution in [0.3, 0.4) is 0 Å². The molecule has 1 heterocycles. The zero-order valence-electron chi connectivity index (χ0n) is 10.9. The average molecular weight is 254 g/mol. The molecule has 0 saturated carbocycles. The summed E-state index contributed by atoms with van der Waals surface area (Å²) in [6.45, 7) is 3.20. The second-order valence-corrected chi connectivity index (χ2v) is 5.00. The van der Waals surface area contributed by atoms with Gasteiger partial charge in [-0.2, -0.15) is 0 Å². The van der Waals surface area contributed by atoms with E-state index in [9.17, 15) is 4.79 Å². The number of hydrogen-bond donors (Lipinski definition) is 1. The van der Waals surface area contributed by atoms with Crippen molar-refractivity contribution >= 4 is 16.7 Å². The van der Waals surface area contributed by atoms with E-state index in [1.54, 1.807) is 0 Å². The van der Waals surface area contributed by atoms with Crippen LogP contribution in [-0.4, -0.2) is 30.4 Å². The van der Waals surface area contributed by atoms with E-state index in [0.717, 1.165) is 19.6 Å². The molecular formula is C16H18N2O. The minimum atomic E-state index is 0.248. The topological polar surface area (TPSA) is 32.3 Å². The first-order valence-corrected chi connectivity index (χ1v) is 6.79. The molecule has 0 unspecified atom stereocenters. The van der Waals surface area contributed by atoms with Gasteiger partial charge in [-0.3, -0.25) is 4.79 Å². The molecule has 3 nitrogen and oxygen atoms in total. The van der Waals surface area contributed by atoms with E-state index < -0.39 is 0 Å². The fourth-order valence-electron chi connectivity index (χ4n) is 2.54. The first kappa shape index (κ1) is 12.2. The van der Waals surface area contributed by atoms with Gasteiger partial charge < -0.3 is 10.2 Å². The van der Waals surface area contributed by atoms with Crippen LogP contribution in [0.2, 0.25) is 0 Å². The summed E-state index contributed by atoms with van der Waals surface area (Å²) in [5.41, 5.74) is 1.20. The van der Waals surface area contributed by atoms with Crippen LogP contribution in [-0.2, 0) is 11.3 Å². The normalized spacial score (nSPS) is 16.6. The number of carbonyl (C=O) groups excluding carboxylic acids is 1. The van der Waals surface area contributed by atoms with Gasteiger partial charge in [0.1, 0.15) is 0 Å². The summed E-state index contributed by atoms with van der Waals surface area (Å²) >= 11 is 0. The van der Waals surface area contributed by atoms with Crippen LogP contribution in [0.5, 0.6) is 0 Å². The molecule has 1 fully saturated rings. The molecule has 1 amide bonds. The first-order chi connectivity index (χ1) is 9.33. The molecule has 2 aromatic carbocycles. The van der Waals surface area contributed by atoms with Crippen molar-refractivity contribution in [1.82, 2.24) is 10.2 Å². The standard InChI is InChI=1S/C16H18N2O/c19-16-7-8-17-9-10-18(16)12-13-5-6-14-3-1-2-4-15(14)11-13/h1-6,11,17H,7-10,12H2. The van der Waals surface area contributed by atoms with Crippen LogP contribution < -0.4 is 5.32 Å². The van der Waals surface area contributed by atoms with Crippen molar-refractivity contribution < 1.29 is 4.79 Å². The first-order valence-electron chi connectivity index (χ1n) is 6.79. The number of benzene rings is 2. The molecule has 2 aromatic rings. The molecule has 0 bridgehead atoms. The van der Waals surface area contributed by atoms with Gasteiger partial charge in [0.15, 0.2) is 0 Å². The van der Waals surface area contributed by atoms with Crippen LogP contribution in [0.25, 0.3) is 10.8 Å². The lowest BCUT2D eigenvalue weighted by Crippen LogP contribution is -2.31. The third-order valence-electron chi connectivity index (χ3n) is 3.61. The third-order valence-corrected chi connectivity index (χ3v) is 3.61. The fraction of sp³-hybridized carbons (Fsp3) is 0.312. The Bertz CT molecular complexity index is 594. The zero-order chi connectivity index (χ0) is 13.1. The van der Waals surface area contributed by atoms with Crippen molar-refractivity contribution in [3.63, 3.8) is 0 Å². The largest absolute Gasteiger partial charge is 0.337 e. The van der Waals surface area contributed by atoms with Crippen LogP contribution in [0.1, 0.15) is 12.0 Å². The monoisotopic (exact) mass is 254 g/mol. The number of carbonyl (C=O) groups is 1. The van der Waals surface area contributed by atoms with Crippen molar-refractivity contribution in [3.05, 3.63) is 48.0 Å². The minimum absolute atomic E-state index is 0.248. The van der Waals surface area contributed by atoms with Crippen LogP contribution in [0.4, 0.5) is 0 Å². The van der Waals surface area contributed by atoms with Crippen LogP contribution in [0.15, 0.2) is 42.5 Å². The summed E-state index contributed by atoms with van der Waals surface area (Å²) in [5, 5.41) is 5.74. The minimum Gasteiger partial charge on any atom is -0.337 e. The van der Waals surface area contributed by atoms with Crippen molar-refractivity contribution in [2.24, 2.45) is 0 Å². The van der Waals surface area contributed by atoms with E-state index in [-0.39, 0.29) is 5.91 Å². The molecule has 1 saturated heterocycles. The number of nitrogens with zero attached hydrogens (tertiary/aromatic N) is 1. The summed E-state index contributed by atoms with van der Waals surface area (Å²) in [7, 11) is 0. The van der Waals surface area contributed by atoms with Gasteiger partial charge in [-0.15, -0.1) is 0 Å². The second kappa shape index (κ2) is 5.41. The second-order valence-electron chi connectivity index (χ2n) is 5.00. The van der Waals surface area contributed by atoms with Crippen LogP contribution in [0, 0.1) is 0 Å². The molecule has 0 radical (unpaired) electrons. The Hall–Kier alpha value is -1.87. The highest BCUT2D eigenvalue weighted by Crippen LogP contribution is 2.17. The van der Waals surface area contributed by atoms with Gasteiger partial charge in [-0.25, -0.2) is 0 Å². The quantitative estimate of drug-likeness (QED) is 0.890. The fourth-order valence-corrected chi connectivity index (χ4v) is 2.54. The lowest BCUT2D eigenvalue weighted by Gasteiger charge is -2.20. The predicted molar refractivity (Wildman–Crippen MR) is 76.9 cm³/mol. The molecule has 19 heavy (non-hydrogen) atoms. The maximum absolute atomic E-state index is 12.0. The van der Waals surface area contributed by atoms with Gasteiger partial charge in [0.25, 0.3) is 0 Å². The number of rotatable bonds is 2. The summed E-state index contributed by atoms with van der Waals surface area (Å²) in [6.07, 6.45) is 0.605. The van der Waals surface area contributed by atoms with Gasteiger partial charge in [0.2, 0.25) is 5.91 Å². The highest BCUT2D eigenvalue weighted by Gasteiger charge is 2.16. The Morgan fingerprint density at radius 3 is 2.79 bits per heavy atom. The molecule has 0 aliphatic carbocycles. The lowest BCUT2D eigenvalue weighted by atomic mass is 10.1. The van der Waals surface area contributed by atoms with E-state index >= 15 is 0 Å². The Morgan fingerprint density at radius 1 is 1.05 bits per heavy atom. The number of hydrogen-bond acceptors (Lipinski definition) is 2. The summed E-state index contributed by atoms with van der Waals surface area (Å²) in [5.74, 6) is 0.248. The van der Waals surface area contributed by atoms with E-state index in [1.807, 2.05) is 17.0 Å². The predicted octanol–water partition coefficient (Wildman–Crippen LogP) is 2.16. The smallest absolute Gasteiger partial charge is 0.224 e. The molecule has 0 aromatic heterocycles. The number of fused-ring (bicyclic) bond motifs is 1. The Balaban J connectivity index is 1.82. The maximum atomic E-state index is 12.0. The Kier molecular flexibility index (Phi) is 3.47. The number of amides is 1. The Morgan fingerprint density at radius 2 is 1.89 bits per heavy atom. The van der Waals surface area contributed by atoms with Crippen molar-refractivity contribution in [2.75, 3.05) is 19.6 Å². The van der Waals surface area contributed by atoms with E-state index in [2.05, 4.69) is 35.6 Å². The third kappa shape index (κ3) is 2.76. The summed E-state index contributed by atoms with van der Waals surface area (Å²) in [4.78, 5) is 13.9. The molecule has 1 aliphatic rings. The molecular weight excluding hydrogens is 236 g/mol. The van der Waals surface area contributed by atoms with E-state index in [1.165, 1.54) is 16.3 Å². The Labute approximate surface area is 113 Å². The lowest BCUT2D eigenvalue weighted by molar-refractivity contribution is -0.130. The molecule has 3 rings (SSSR count). The highest BCUT2D eigenvalue weighted by atomic mass is 16.2. The molecule has 1 aliphatic heterocycles. The SMILES string of the molecule is O=C1CCNCCN1Cc1ccc2ccccc2c1. The number of nitrogens with one attached hydrogen (secondary N) is 1. The average Bonchev–Trinajstić information content (AvgIpc) is 2.64. The van der Waals surface area contributed by atoms with Gasteiger partial charge in [-0.05, 0) is 22.4 Å². The van der Waals surface area contributed by atoms with Crippen molar-refractivity contribution in [3.8, 4) is 0 Å². The van der Waals surface area contributed by atoms with Crippen molar-refractivity contribution in [1.29, 1.82) is 0 Å². The zero-order valence-corrected chi connectivity index (χ0v) is 10.9. The van der Waals surface area contributed by atoms with Gasteiger partial charge in [0.05, 0.1) is 0 Å². The highest BCUT2D eigenvalue weighted by molar-refractivity contribution is 5.83. The molecule has 3 heteroatoms. The van der Waals surface area contributed by atoms with Gasteiger partial charge >= 0.3 is 0 Å². The van der Waals surface area contributed by atoms with Gasteiger partial charge in [0, 0.05) is 32.6 Å². The van der Waals surface area contributed by atoms with Crippen molar-refractivity contribution in [2.45, 2.75) is 13.0 Å².